The molecule has 1 N–H and O–H groups in total. The SMILES string of the molecule is CCCNC(=O)C(Cc1ccccc1)N(Cc1ccc(C)cc1)C(=O)Cc1ccc(C)c(C)c1. The molecular formula is C30H36N2O2. The number of benzene rings is 3. The minimum absolute atomic E-state index is 0.0450. The number of carbonyl (C=O) groups excluding carboxylic acids is 2. The standard InChI is InChI=1S/C30H36N2O2/c1-5-17-31-30(34)28(19-25-9-7-6-8-10-25)32(21-26-14-11-22(2)12-15-26)29(33)20-27-16-13-23(3)24(4)18-27/h6-16,18,28H,5,17,19-21H2,1-4H3,(H,31,34). The first kappa shape index (κ1) is 25.2. The van der Waals surface area contributed by atoms with Crippen LogP contribution in [0.25, 0.3) is 0 Å². The summed E-state index contributed by atoms with van der Waals surface area (Å²) in [5.74, 6) is -0.150. The lowest BCUT2D eigenvalue weighted by Crippen LogP contribution is -2.51. The van der Waals surface area contributed by atoms with Crippen molar-refractivity contribution in [3.05, 3.63) is 106 Å². The molecule has 4 nitrogen and oxygen atoms in total. The maximum atomic E-state index is 13.7. The molecule has 0 heterocycles. The molecule has 178 valence electrons. The van der Waals surface area contributed by atoms with Crippen molar-refractivity contribution in [1.29, 1.82) is 0 Å². The first-order valence-corrected chi connectivity index (χ1v) is 12.1. The van der Waals surface area contributed by atoms with Crippen molar-refractivity contribution in [3.8, 4) is 0 Å². The van der Waals surface area contributed by atoms with Gasteiger partial charge in [0, 0.05) is 19.5 Å². The molecule has 3 aromatic rings. The van der Waals surface area contributed by atoms with E-state index < -0.39 is 6.04 Å². The minimum Gasteiger partial charge on any atom is -0.354 e. The van der Waals surface area contributed by atoms with Gasteiger partial charge in [-0.2, -0.15) is 0 Å². The van der Waals surface area contributed by atoms with E-state index in [2.05, 4.69) is 31.3 Å². The number of carbonyl (C=O) groups is 2. The summed E-state index contributed by atoms with van der Waals surface area (Å²) in [6.45, 7) is 9.18. The summed E-state index contributed by atoms with van der Waals surface area (Å²) in [4.78, 5) is 28.8. The van der Waals surface area contributed by atoms with Gasteiger partial charge in [0.1, 0.15) is 6.04 Å². The average molecular weight is 457 g/mol. The molecule has 0 aromatic heterocycles. The van der Waals surface area contributed by atoms with E-state index in [0.29, 0.717) is 19.5 Å². The van der Waals surface area contributed by atoms with Crippen LogP contribution in [0.1, 0.15) is 46.7 Å². The van der Waals surface area contributed by atoms with Gasteiger partial charge in [-0.1, -0.05) is 85.3 Å². The van der Waals surface area contributed by atoms with E-state index >= 15 is 0 Å². The van der Waals surface area contributed by atoms with Gasteiger partial charge in [0.15, 0.2) is 0 Å². The molecule has 3 rings (SSSR count). The highest BCUT2D eigenvalue weighted by molar-refractivity contribution is 5.88. The van der Waals surface area contributed by atoms with Crippen LogP contribution in [0.3, 0.4) is 0 Å². The van der Waals surface area contributed by atoms with Gasteiger partial charge in [-0.15, -0.1) is 0 Å². The Labute approximate surface area is 204 Å². The quantitative estimate of drug-likeness (QED) is 0.449. The lowest BCUT2D eigenvalue weighted by molar-refractivity contribution is -0.140. The van der Waals surface area contributed by atoms with E-state index in [0.717, 1.165) is 28.7 Å². The molecule has 34 heavy (non-hydrogen) atoms. The number of hydrogen-bond acceptors (Lipinski definition) is 2. The molecule has 0 fully saturated rings. The van der Waals surface area contributed by atoms with Gasteiger partial charge in [-0.3, -0.25) is 9.59 Å². The Balaban J connectivity index is 1.95. The number of nitrogens with one attached hydrogen (secondary N) is 1. The van der Waals surface area contributed by atoms with Gasteiger partial charge in [0.2, 0.25) is 11.8 Å². The fourth-order valence-electron chi connectivity index (χ4n) is 4.00. The molecule has 3 aromatic carbocycles. The lowest BCUT2D eigenvalue weighted by atomic mass is 10.00. The number of amides is 2. The first-order chi connectivity index (χ1) is 16.4. The largest absolute Gasteiger partial charge is 0.354 e. The zero-order valence-corrected chi connectivity index (χ0v) is 20.8. The highest BCUT2D eigenvalue weighted by Crippen LogP contribution is 2.18. The van der Waals surface area contributed by atoms with E-state index in [1.54, 1.807) is 4.90 Å². The Morgan fingerprint density at radius 3 is 2.15 bits per heavy atom. The van der Waals surface area contributed by atoms with Crippen molar-refractivity contribution in [1.82, 2.24) is 10.2 Å². The molecule has 1 atom stereocenters. The van der Waals surface area contributed by atoms with Crippen LogP contribution < -0.4 is 5.32 Å². The summed E-state index contributed by atoms with van der Waals surface area (Å²) in [7, 11) is 0. The molecule has 0 radical (unpaired) electrons. The summed E-state index contributed by atoms with van der Waals surface area (Å²) in [5, 5.41) is 3.03. The van der Waals surface area contributed by atoms with E-state index in [9.17, 15) is 9.59 Å². The second-order valence-electron chi connectivity index (χ2n) is 9.10. The van der Waals surface area contributed by atoms with Gasteiger partial charge >= 0.3 is 0 Å². The molecule has 0 aliphatic carbocycles. The molecule has 2 amide bonds. The predicted molar refractivity (Wildman–Crippen MR) is 139 cm³/mol. The first-order valence-electron chi connectivity index (χ1n) is 12.1. The van der Waals surface area contributed by atoms with Gasteiger partial charge < -0.3 is 10.2 Å². The second-order valence-corrected chi connectivity index (χ2v) is 9.10. The van der Waals surface area contributed by atoms with Crippen molar-refractivity contribution in [2.75, 3.05) is 6.54 Å². The topological polar surface area (TPSA) is 49.4 Å². The Morgan fingerprint density at radius 1 is 0.824 bits per heavy atom. The Kier molecular flexibility index (Phi) is 9.03. The third-order valence-electron chi connectivity index (χ3n) is 6.22. The minimum atomic E-state index is -0.589. The van der Waals surface area contributed by atoms with Gasteiger partial charge in [0.25, 0.3) is 0 Å². The number of nitrogens with zero attached hydrogens (tertiary/aromatic N) is 1. The summed E-state index contributed by atoms with van der Waals surface area (Å²) in [6.07, 6.45) is 1.58. The summed E-state index contributed by atoms with van der Waals surface area (Å²) < 4.78 is 0. The van der Waals surface area contributed by atoms with Crippen LogP contribution in [-0.2, 0) is 29.0 Å². The number of hydrogen-bond donors (Lipinski definition) is 1. The van der Waals surface area contributed by atoms with E-state index in [4.69, 9.17) is 0 Å². The molecule has 0 saturated carbocycles. The highest BCUT2D eigenvalue weighted by atomic mass is 16.2. The fourth-order valence-corrected chi connectivity index (χ4v) is 4.00. The molecule has 0 aliphatic rings. The van der Waals surface area contributed by atoms with Gasteiger partial charge in [0.05, 0.1) is 6.42 Å². The predicted octanol–water partition coefficient (Wildman–Crippen LogP) is 5.32. The van der Waals surface area contributed by atoms with Crippen molar-refractivity contribution in [2.45, 2.75) is 59.5 Å². The van der Waals surface area contributed by atoms with Crippen LogP contribution in [0.4, 0.5) is 0 Å². The zero-order valence-electron chi connectivity index (χ0n) is 20.8. The third-order valence-corrected chi connectivity index (χ3v) is 6.22. The number of rotatable bonds is 10. The van der Waals surface area contributed by atoms with Crippen LogP contribution in [0.5, 0.6) is 0 Å². The summed E-state index contributed by atoms with van der Waals surface area (Å²) >= 11 is 0. The van der Waals surface area contributed by atoms with Crippen LogP contribution in [0, 0.1) is 20.8 Å². The van der Waals surface area contributed by atoms with E-state index in [-0.39, 0.29) is 18.2 Å². The van der Waals surface area contributed by atoms with E-state index in [1.165, 1.54) is 11.1 Å². The third kappa shape index (κ3) is 7.05. The zero-order chi connectivity index (χ0) is 24.5. The van der Waals surface area contributed by atoms with Crippen molar-refractivity contribution in [3.63, 3.8) is 0 Å². The second kappa shape index (κ2) is 12.2. The van der Waals surface area contributed by atoms with Crippen LogP contribution in [0.15, 0.2) is 72.8 Å². The Bertz CT molecular complexity index is 1090. The maximum absolute atomic E-state index is 13.7. The summed E-state index contributed by atoms with van der Waals surface area (Å²) in [5.41, 5.74) is 6.55. The van der Waals surface area contributed by atoms with Gasteiger partial charge in [-0.25, -0.2) is 0 Å². The molecule has 0 bridgehead atoms. The van der Waals surface area contributed by atoms with Crippen LogP contribution in [0.2, 0.25) is 0 Å². The monoisotopic (exact) mass is 456 g/mol. The molecular weight excluding hydrogens is 420 g/mol. The Hall–Kier alpha value is -3.40. The van der Waals surface area contributed by atoms with Crippen molar-refractivity contribution < 1.29 is 9.59 Å². The van der Waals surface area contributed by atoms with Crippen LogP contribution >= 0.6 is 0 Å². The van der Waals surface area contributed by atoms with Crippen molar-refractivity contribution >= 4 is 11.8 Å². The number of aryl methyl sites for hydroxylation is 3. The molecule has 0 saturated heterocycles. The molecule has 1 unspecified atom stereocenters. The highest BCUT2D eigenvalue weighted by Gasteiger charge is 2.30. The molecule has 0 spiro atoms. The average Bonchev–Trinajstić information content (AvgIpc) is 2.84. The maximum Gasteiger partial charge on any atom is 0.243 e. The normalized spacial score (nSPS) is 11.6. The van der Waals surface area contributed by atoms with E-state index in [1.807, 2.05) is 74.5 Å². The molecule has 0 aliphatic heterocycles. The Morgan fingerprint density at radius 2 is 1.50 bits per heavy atom. The fraction of sp³-hybridized carbons (Fsp3) is 0.333. The summed E-state index contributed by atoms with van der Waals surface area (Å²) in [6, 6.07) is 23.6. The van der Waals surface area contributed by atoms with Gasteiger partial charge in [-0.05, 0) is 55.0 Å². The molecule has 4 heteroatoms. The smallest absolute Gasteiger partial charge is 0.243 e. The van der Waals surface area contributed by atoms with Crippen LogP contribution in [-0.4, -0.2) is 29.3 Å². The van der Waals surface area contributed by atoms with Crippen molar-refractivity contribution in [2.24, 2.45) is 0 Å². The lowest BCUT2D eigenvalue weighted by Gasteiger charge is -2.32.